The fourth-order valence-corrected chi connectivity index (χ4v) is 9.49. The molecule has 42 heavy (non-hydrogen) atoms. The lowest BCUT2D eigenvalue weighted by Crippen LogP contribution is -2.59. The summed E-state index contributed by atoms with van der Waals surface area (Å²) in [7, 11) is 0. The second-order valence-electron chi connectivity index (χ2n) is 13.6. The van der Waals surface area contributed by atoms with E-state index in [4.69, 9.17) is 9.47 Å². The molecule has 0 aromatic rings. The number of aliphatic carboxylic acids is 1. The molecule has 0 aromatic carbocycles. The number of carboxylic acids is 1. The van der Waals surface area contributed by atoms with E-state index in [0.717, 1.165) is 32.1 Å². The van der Waals surface area contributed by atoms with Crippen LogP contribution in [0.3, 0.4) is 0 Å². The summed E-state index contributed by atoms with van der Waals surface area (Å²) in [5, 5.41) is 9.31. The smallest absolute Gasteiger partial charge is 0.326 e. The van der Waals surface area contributed by atoms with E-state index >= 15 is 0 Å². The number of nitrogens with zero attached hydrogens (tertiary/aromatic N) is 1. The number of amides is 1. The minimum absolute atomic E-state index is 0.0264. The summed E-state index contributed by atoms with van der Waals surface area (Å²) in [6, 6.07) is -0.875. The predicted molar refractivity (Wildman–Crippen MR) is 149 cm³/mol. The van der Waals surface area contributed by atoms with Gasteiger partial charge in [0.1, 0.15) is 6.04 Å². The van der Waals surface area contributed by atoms with E-state index in [1.54, 1.807) is 0 Å². The van der Waals surface area contributed by atoms with Crippen LogP contribution in [-0.4, -0.2) is 70.2 Å². The minimum Gasteiger partial charge on any atom is -0.480 e. The van der Waals surface area contributed by atoms with Gasteiger partial charge in [-0.15, -0.1) is 0 Å². The Kier molecular flexibility index (Phi) is 8.13. The van der Waals surface area contributed by atoms with Crippen molar-refractivity contribution in [1.82, 2.24) is 4.90 Å². The number of Topliss-reactive ketones (excluding diaryl/α,β-unsaturated/α-hetero) is 1. The molecule has 1 N–H and O–H groups in total. The topological polar surface area (TPSA) is 144 Å². The lowest BCUT2D eigenvalue weighted by Gasteiger charge is -2.59. The molecule has 1 amide bonds. The number of rotatable bonds is 8. The lowest BCUT2D eigenvalue weighted by atomic mass is 9.46. The van der Waals surface area contributed by atoms with Gasteiger partial charge in [-0.3, -0.25) is 24.0 Å². The van der Waals surface area contributed by atoms with Crippen LogP contribution in [0.1, 0.15) is 97.8 Å². The number of hydrogen-bond acceptors (Lipinski definition) is 8. The summed E-state index contributed by atoms with van der Waals surface area (Å²) in [4.78, 5) is 76.2. The molecule has 0 bridgehead atoms. The maximum Gasteiger partial charge on any atom is 0.326 e. The molecule has 1 saturated heterocycles. The number of esters is 2. The van der Waals surface area contributed by atoms with Gasteiger partial charge in [-0.2, -0.15) is 0 Å². The molecular formula is C32H43NO9. The van der Waals surface area contributed by atoms with Crippen LogP contribution in [0.4, 0.5) is 0 Å². The highest BCUT2D eigenvalue weighted by molar-refractivity contribution is 5.94. The second kappa shape index (κ2) is 11.2. The fraction of sp³-hybridized carbons (Fsp3) is 0.750. The first kappa shape index (κ1) is 30.4. The largest absolute Gasteiger partial charge is 0.480 e. The van der Waals surface area contributed by atoms with Gasteiger partial charge in [0, 0.05) is 31.7 Å². The maximum absolute atomic E-state index is 13.9. The van der Waals surface area contributed by atoms with Crippen molar-refractivity contribution in [3.8, 4) is 0 Å². The van der Waals surface area contributed by atoms with Gasteiger partial charge in [0.05, 0.1) is 6.42 Å². The normalized spacial score (nSPS) is 37.2. The molecule has 5 aliphatic rings. The van der Waals surface area contributed by atoms with Crippen LogP contribution in [0.2, 0.25) is 0 Å². The summed E-state index contributed by atoms with van der Waals surface area (Å²) in [6.07, 6.45) is 8.26. The Hall–Kier alpha value is -3.04. The summed E-state index contributed by atoms with van der Waals surface area (Å²) >= 11 is 0. The van der Waals surface area contributed by atoms with Gasteiger partial charge in [-0.1, -0.05) is 19.4 Å². The van der Waals surface area contributed by atoms with Gasteiger partial charge >= 0.3 is 17.9 Å². The molecule has 1 aliphatic heterocycles. The molecule has 4 fully saturated rings. The zero-order valence-corrected chi connectivity index (χ0v) is 24.9. The standard InChI is InChI=1S/C32H43NO9/c1-19(34)42-32(26(36)18-41-28(38)9-8-27(37)33-16-4-5-25(33)29(39)40)15-12-24-22-7-6-20-17-21(35)10-13-30(20,2)23(22)11-14-31(24,32)3/h17,22-25H,4-16,18H2,1-3H3,(H,39,40)/t22-,23+,24+,25?,30+,31+,32+/m1/s1. The maximum atomic E-state index is 13.9. The number of fused-ring (bicyclic) bond motifs is 5. The number of allylic oxidation sites excluding steroid dienone is 1. The van der Waals surface area contributed by atoms with Crippen LogP contribution in [0.5, 0.6) is 0 Å². The van der Waals surface area contributed by atoms with E-state index < -0.39 is 53.3 Å². The zero-order valence-electron chi connectivity index (χ0n) is 24.9. The Morgan fingerprint density at radius 2 is 1.71 bits per heavy atom. The van der Waals surface area contributed by atoms with Gasteiger partial charge in [0.2, 0.25) is 11.7 Å². The Balaban J connectivity index is 1.26. The molecule has 5 rings (SSSR count). The number of carboxylic acid groups (broad SMARTS) is 1. The fourth-order valence-electron chi connectivity index (χ4n) is 9.49. The van der Waals surface area contributed by atoms with Crippen LogP contribution in [0, 0.1) is 28.6 Å². The molecule has 0 aromatic heterocycles. The van der Waals surface area contributed by atoms with E-state index in [-0.39, 0.29) is 30.0 Å². The quantitative estimate of drug-likeness (QED) is 0.421. The van der Waals surface area contributed by atoms with E-state index in [0.29, 0.717) is 50.5 Å². The number of likely N-dealkylation sites (tertiary alicyclic amines) is 1. The molecule has 4 aliphatic carbocycles. The molecule has 10 nitrogen and oxygen atoms in total. The summed E-state index contributed by atoms with van der Waals surface area (Å²) in [5.74, 6) is -2.08. The molecule has 1 heterocycles. The molecule has 10 heteroatoms. The average Bonchev–Trinajstić information content (AvgIpc) is 3.54. The van der Waals surface area contributed by atoms with Crippen LogP contribution >= 0.6 is 0 Å². The Morgan fingerprint density at radius 1 is 0.976 bits per heavy atom. The summed E-state index contributed by atoms with van der Waals surface area (Å²) in [6.45, 7) is 5.43. The van der Waals surface area contributed by atoms with Crippen molar-refractivity contribution in [2.75, 3.05) is 13.2 Å². The van der Waals surface area contributed by atoms with Crippen molar-refractivity contribution in [2.24, 2.45) is 28.6 Å². The third kappa shape index (κ3) is 4.98. The molecule has 3 saturated carbocycles. The predicted octanol–water partition coefficient (Wildman–Crippen LogP) is 3.79. The number of carbonyl (C=O) groups excluding carboxylic acids is 5. The van der Waals surface area contributed by atoms with Crippen molar-refractivity contribution < 1.29 is 43.3 Å². The third-order valence-corrected chi connectivity index (χ3v) is 11.6. The first-order chi connectivity index (χ1) is 19.8. The van der Waals surface area contributed by atoms with Gasteiger partial charge in [0.15, 0.2) is 18.0 Å². The van der Waals surface area contributed by atoms with Gasteiger partial charge in [-0.05, 0) is 87.0 Å². The van der Waals surface area contributed by atoms with Crippen molar-refractivity contribution >= 4 is 35.4 Å². The SMILES string of the molecule is CC(=O)O[C@]1(C(=O)COC(=O)CCC(=O)N2CCCC2C(=O)O)CC[C@H]2[C@@H]3CCC4=CC(=O)CC[C@]4(C)[C@H]3CC[C@@]21C. The van der Waals surface area contributed by atoms with Crippen LogP contribution in [0.15, 0.2) is 11.6 Å². The number of ether oxygens (including phenoxy) is 2. The first-order valence-electron chi connectivity index (χ1n) is 15.5. The monoisotopic (exact) mass is 585 g/mol. The zero-order chi connectivity index (χ0) is 30.4. The van der Waals surface area contributed by atoms with Crippen molar-refractivity contribution in [3.63, 3.8) is 0 Å². The number of ketones is 2. The van der Waals surface area contributed by atoms with E-state index in [9.17, 15) is 33.9 Å². The molecule has 0 spiro atoms. The highest BCUT2D eigenvalue weighted by Gasteiger charge is 2.68. The number of carbonyl (C=O) groups is 6. The highest BCUT2D eigenvalue weighted by atomic mass is 16.6. The summed E-state index contributed by atoms with van der Waals surface area (Å²) in [5.41, 5.74) is -0.767. The van der Waals surface area contributed by atoms with Crippen LogP contribution < -0.4 is 0 Å². The second-order valence-corrected chi connectivity index (χ2v) is 13.6. The van der Waals surface area contributed by atoms with Gasteiger partial charge < -0.3 is 19.5 Å². The van der Waals surface area contributed by atoms with Crippen LogP contribution in [-0.2, 0) is 38.2 Å². The van der Waals surface area contributed by atoms with Crippen molar-refractivity contribution in [2.45, 2.75) is 109 Å². The average molecular weight is 586 g/mol. The van der Waals surface area contributed by atoms with Gasteiger partial charge in [-0.25, -0.2) is 4.79 Å². The number of hydrogen-bond donors (Lipinski definition) is 1. The Bertz CT molecular complexity index is 1220. The molecule has 7 atom stereocenters. The van der Waals surface area contributed by atoms with Crippen molar-refractivity contribution in [1.29, 1.82) is 0 Å². The first-order valence-corrected chi connectivity index (χ1v) is 15.5. The molecule has 0 radical (unpaired) electrons. The molecule has 1 unspecified atom stereocenters. The van der Waals surface area contributed by atoms with E-state index in [1.807, 2.05) is 6.08 Å². The molecule has 230 valence electrons. The highest BCUT2D eigenvalue weighted by Crippen LogP contribution is 2.68. The Labute approximate surface area is 246 Å². The van der Waals surface area contributed by atoms with Gasteiger partial charge in [0.25, 0.3) is 0 Å². The van der Waals surface area contributed by atoms with E-state index in [1.165, 1.54) is 17.4 Å². The third-order valence-electron chi connectivity index (χ3n) is 11.6. The minimum atomic E-state index is -1.39. The van der Waals surface area contributed by atoms with Crippen LogP contribution in [0.25, 0.3) is 0 Å². The summed E-state index contributed by atoms with van der Waals surface area (Å²) < 4.78 is 11.3. The molecular weight excluding hydrogens is 542 g/mol. The van der Waals surface area contributed by atoms with E-state index in [2.05, 4.69) is 13.8 Å². The Morgan fingerprint density at radius 3 is 2.43 bits per heavy atom. The van der Waals surface area contributed by atoms with Crippen molar-refractivity contribution in [3.05, 3.63) is 11.6 Å². The lowest BCUT2D eigenvalue weighted by molar-refractivity contribution is -0.191.